The molecule has 0 aliphatic heterocycles. The highest BCUT2D eigenvalue weighted by Crippen LogP contribution is 2.10. The normalized spacial score (nSPS) is 12.5. The monoisotopic (exact) mass is 197 g/mol. The number of carboxylic acids is 1. The minimum absolute atomic E-state index is 0.219. The second kappa shape index (κ2) is 4.19. The number of carboxylic acid groups (broad SMARTS) is 1. The molecule has 1 atom stereocenters. The molecule has 3 N–H and O–H groups in total. The maximum Gasteiger partial charge on any atom is 0.320 e. The number of rotatable bonds is 3. The van der Waals surface area contributed by atoms with Crippen molar-refractivity contribution in [1.29, 1.82) is 0 Å². The van der Waals surface area contributed by atoms with E-state index in [-0.39, 0.29) is 12.2 Å². The molecular formula is C10H12FNO2. The first-order chi connectivity index (χ1) is 6.50. The molecule has 0 radical (unpaired) electrons. The number of halogens is 1. The molecule has 1 rings (SSSR count). The molecule has 1 aromatic carbocycles. The van der Waals surface area contributed by atoms with Crippen LogP contribution in [-0.2, 0) is 11.2 Å². The van der Waals surface area contributed by atoms with Crippen molar-refractivity contribution < 1.29 is 14.3 Å². The Hall–Kier alpha value is -1.42. The van der Waals surface area contributed by atoms with Gasteiger partial charge in [-0.15, -0.1) is 0 Å². The molecule has 0 saturated carbocycles. The van der Waals surface area contributed by atoms with Crippen molar-refractivity contribution in [2.24, 2.45) is 5.73 Å². The van der Waals surface area contributed by atoms with Crippen LogP contribution < -0.4 is 5.73 Å². The van der Waals surface area contributed by atoms with Crippen LogP contribution in [-0.4, -0.2) is 17.1 Å². The van der Waals surface area contributed by atoms with Gasteiger partial charge >= 0.3 is 5.97 Å². The molecule has 0 heterocycles. The van der Waals surface area contributed by atoms with Crippen LogP contribution in [0.25, 0.3) is 0 Å². The molecule has 0 saturated heterocycles. The zero-order valence-electron chi connectivity index (χ0n) is 7.83. The Balaban J connectivity index is 2.78. The Kier molecular flexibility index (Phi) is 3.19. The molecular weight excluding hydrogens is 185 g/mol. The summed E-state index contributed by atoms with van der Waals surface area (Å²) < 4.78 is 12.8. The van der Waals surface area contributed by atoms with E-state index in [9.17, 15) is 9.18 Å². The lowest BCUT2D eigenvalue weighted by Gasteiger charge is -2.07. The molecule has 0 spiro atoms. The topological polar surface area (TPSA) is 63.3 Å². The summed E-state index contributed by atoms with van der Waals surface area (Å²) in [5.74, 6) is -1.34. The molecule has 14 heavy (non-hydrogen) atoms. The van der Waals surface area contributed by atoms with E-state index in [0.29, 0.717) is 5.56 Å². The first-order valence-electron chi connectivity index (χ1n) is 4.24. The number of carbonyl (C=O) groups is 1. The van der Waals surface area contributed by atoms with Crippen molar-refractivity contribution in [3.05, 3.63) is 35.1 Å². The average Bonchev–Trinajstić information content (AvgIpc) is 2.11. The van der Waals surface area contributed by atoms with Crippen LogP contribution in [0.3, 0.4) is 0 Å². The van der Waals surface area contributed by atoms with Crippen molar-refractivity contribution in [3.8, 4) is 0 Å². The quantitative estimate of drug-likeness (QED) is 0.762. The SMILES string of the molecule is Cc1cc(CC(N)C(=O)O)ccc1F. The van der Waals surface area contributed by atoms with E-state index in [4.69, 9.17) is 10.8 Å². The predicted molar refractivity (Wildman–Crippen MR) is 50.5 cm³/mol. The fourth-order valence-corrected chi connectivity index (χ4v) is 1.18. The van der Waals surface area contributed by atoms with Crippen LogP contribution in [0.2, 0.25) is 0 Å². The van der Waals surface area contributed by atoms with Crippen LogP contribution in [0.15, 0.2) is 18.2 Å². The molecule has 0 amide bonds. The summed E-state index contributed by atoms with van der Waals surface area (Å²) in [6, 6.07) is 3.54. The van der Waals surface area contributed by atoms with Crippen molar-refractivity contribution in [2.45, 2.75) is 19.4 Å². The maximum atomic E-state index is 12.8. The molecule has 1 unspecified atom stereocenters. The Bertz CT molecular complexity index is 352. The molecule has 1 aromatic rings. The Morgan fingerprint density at radius 2 is 2.29 bits per heavy atom. The van der Waals surface area contributed by atoms with E-state index in [2.05, 4.69) is 0 Å². The van der Waals surface area contributed by atoms with Gasteiger partial charge in [0.2, 0.25) is 0 Å². The van der Waals surface area contributed by atoms with E-state index in [1.165, 1.54) is 6.07 Å². The van der Waals surface area contributed by atoms with E-state index in [1.54, 1.807) is 19.1 Å². The number of aliphatic carboxylic acids is 1. The second-order valence-electron chi connectivity index (χ2n) is 3.23. The van der Waals surface area contributed by atoms with Crippen LogP contribution >= 0.6 is 0 Å². The highest BCUT2D eigenvalue weighted by Gasteiger charge is 2.12. The standard InChI is InChI=1S/C10H12FNO2/c1-6-4-7(2-3-8(6)11)5-9(12)10(13)14/h2-4,9H,5,12H2,1H3,(H,13,14). The van der Waals surface area contributed by atoms with Crippen molar-refractivity contribution in [1.82, 2.24) is 0 Å². The van der Waals surface area contributed by atoms with Gasteiger partial charge in [0.1, 0.15) is 11.9 Å². The highest BCUT2D eigenvalue weighted by molar-refractivity contribution is 5.73. The summed E-state index contributed by atoms with van der Waals surface area (Å²) in [5.41, 5.74) is 6.58. The lowest BCUT2D eigenvalue weighted by molar-refractivity contribution is -0.138. The number of nitrogens with two attached hydrogens (primary N) is 1. The molecule has 76 valence electrons. The molecule has 4 heteroatoms. The average molecular weight is 197 g/mol. The molecule has 3 nitrogen and oxygen atoms in total. The van der Waals surface area contributed by atoms with Crippen LogP contribution in [0.5, 0.6) is 0 Å². The minimum Gasteiger partial charge on any atom is -0.480 e. The number of hydrogen-bond donors (Lipinski definition) is 2. The van der Waals surface area contributed by atoms with E-state index < -0.39 is 12.0 Å². The largest absolute Gasteiger partial charge is 0.480 e. The zero-order valence-corrected chi connectivity index (χ0v) is 7.83. The third kappa shape index (κ3) is 2.53. The summed E-state index contributed by atoms with van der Waals surface area (Å²) in [6.07, 6.45) is 0.219. The molecule has 0 aliphatic carbocycles. The lowest BCUT2D eigenvalue weighted by atomic mass is 10.0. The zero-order chi connectivity index (χ0) is 10.7. The van der Waals surface area contributed by atoms with Crippen molar-refractivity contribution in [2.75, 3.05) is 0 Å². The molecule has 0 aromatic heterocycles. The predicted octanol–water partition coefficient (Wildman–Crippen LogP) is 1.09. The summed E-state index contributed by atoms with van der Waals surface area (Å²) in [6.45, 7) is 1.63. The number of aryl methyl sites for hydroxylation is 1. The smallest absolute Gasteiger partial charge is 0.320 e. The van der Waals surface area contributed by atoms with Gasteiger partial charge in [-0.1, -0.05) is 12.1 Å². The van der Waals surface area contributed by atoms with Gasteiger partial charge in [-0.2, -0.15) is 0 Å². The summed E-state index contributed by atoms with van der Waals surface area (Å²) >= 11 is 0. The summed E-state index contributed by atoms with van der Waals surface area (Å²) in [5, 5.41) is 8.57. The van der Waals surface area contributed by atoms with Crippen LogP contribution in [0.1, 0.15) is 11.1 Å². The van der Waals surface area contributed by atoms with Crippen LogP contribution in [0.4, 0.5) is 4.39 Å². The second-order valence-corrected chi connectivity index (χ2v) is 3.23. The Morgan fingerprint density at radius 1 is 1.64 bits per heavy atom. The van der Waals surface area contributed by atoms with Gasteiger partial charge in [0.25, 0.3) is 0 Å². The number of hydrogen-bond acceptors (Lipinski definition) is 2. The minimum atomic E-state index is -1.05. The van der Waals surface area contributed by atoms with Gasteiger partial charge in [0.15, 0.2) is 0 Å². The third-order valence-electron chi connectivity index (χ3n) is 2.00. The molecule has 0 bridgehead atoms. The molecule has 0 aliphatic rings. The van der Waals surface area contributed by atoms with Gasteiger partial charge in [-0.05, 0) is 30.5 Å². The fraction of sp³-hybridized carbons (Fsp3) is 0.300. The third-order valence-corrected chi connectivity index (χ3v) is 2.00. The number of benzene rings is 1. The Labute approximate surface area is 81.4 Å². The van der Waals surface area contributed by atoms with Gasteiger partial charge in [0, 0.05) is 0 Å². The van der Waals surface area contributed by atoms with E-state index in [0.717, 1.165) is 5.56 Å². The van der Waals surface area contributed by atoms with Gasteiger partial charge in [-0.25, -0.2) is 4.39 Å². The lowest BCUT2D eigenvalue weighted by Crippen LogP contribution is -2.32. The van der Waals surface area contributed by atoms with Gasteiger partial charge in [0.05, 0.1) is 0 Å². The van der Waals surface area contributed by atoms with Crippen molar-refractivity contribution in [3.63, 3.8) is 0 Å². The fourth-order valence-electron chi connectivity index (χ4n) is 1.18. The van der Waals surface area contributed by atoms with E-state index >= 15 is 0 Å². The summed E-state index contributed by atoms with van der Waals surface area (Å²) in [4.78, 5) is 10.5. The first-order valence-corrected chi connectivity index (χ1v) is 4.24. The van der Waals surface area contributed by atoms with Crippen molar-refractivity contribution >= 4 is 5.97 Å². The molecule has 0 fully saturated rings. The maximum absolute atomic E-state index is 12.8. The summed E-state index contributed by atoms with van der Waals surface area (Å²) in [7, 11) is 0. The van der Waals surface area contributed by atoms with Gasteiger partial charge < -0.3 is 10.8 Å². The van der Waals surface area contributed by atoms with Crippen LogP contribution in [0, 0.1) is 12.7 Å². The first kappa shape index (κ1) is 10.7. The highest BCUT2D eigenvalue weighted by atomic mass is 19.1. The Morgan fingerprint density at radius 3 is 2.79 bits per heavy atom. The van der Waals surface area contributed by atoms with Gasteiger partial charge in [-0.3, -0.25) is 4.79 Å². The van der Waals surface area contributed by atoms with E-state index in [1.807, 2.05) is 0 Å².